The van der Waals surface area contributed by atoms with E-state index in [2.05, 4.69) is 0 Å². The summed E-state index contributed by atoms with van der Waals surface area (Å²) < 4.78 is 10.0. The highest BCUT2D eigenvalue weighted by Gasteiger charge is 2.45. The molecule has 0 bridgehead atoms. The van der Waals surface area contributed by atoms with Crippen molar-refractivity contribution in [3.8, 4) is 0 Å². The summed E-state index contributed by atoms with van der Waals surface area (Å²) in [7, 11) is 0. The van der Waals surface area contributed by atoms with Gasteiger partial charge in [-0.2, -0.15) is 0 Å². The molecule has 7 heteroatoms. The van der Waals surface area contributed by atoms with Crippen molar-refractivity contribution in [3.05, 3.63) is 35.9 Å². The van der Waals surface area contributed by atoms with Gasteiger partial charge in [0.15, 0.2) is 0 Å². The maximum absolute atomic E-state index is 11.8. The van der Waals surface area contributed by atoms with Gasteiger partial charge in [0, 0.05) is 0 Å². The first kappa shape index (κ1) is 14.9. The summed E-state index contributed by atoms with van der Waals surface area (Å²) in [4.78, 5) is 11.8. The number of carbonyl (C=O) groups is 1. The Balaban J connectivity index is 2.06. The largest absolute Gasteiger partial charge is 0.429 e. The van der Waals surface area contributed by atoms with Gasteiger partial charge in [-0.15, -0.1) is 0 Å². The van der Waals surface area contributed by atoms with Crippen molar-refractivity contribution in [1.29, 1.82) is 0 Å². The Labute approximate surface area is 115 Å². The van der Waals surface area contributed by atoms with Crippen molar-refractivity contribution in [2.24, 2.45) is 0 Å². The van der Waals surface area contributed by atoms with Crippen LogP contribution in [0, 0.1) is 0 Å². The topological polar surface area (TPSA) is 116 Å². The summed E-state index contributed by atoms with van der Waals surface area (Å²) in [6.07, 6.45) is -7.23. The van der Waals surface area contributed by atoms with Crippen LogP contribution in [0.15, 0.2) is 30.3 Å². The molecule has 20 heavy (non-hydrogen) atoms. The van der Waals surface area contributed by atoms with E-state index >= 15 is 0 Å². The van der Waals surface area contributed by atoms with Gasteiger partial charge in [-0.25, -0.2) is 4.79 Å². The van der Waals surface area contributed by atoms with Crippen LogP contribution in [0.1, 0.15) is 10.4 Å². The standard InChI is InChI=1S/C13H16O7/c14-6-8-9(15)10(16)11(17)13(19-8)20-12(18)7-4-2-1-3-5-7/h1-5,8-11,13-17H,6H2/t8-,9-,10+,11+,13?/m1/s1. The first-order chi connectivity index (χ1) is 9.54. The molecule has 110 valence electrons. The van der Waals surface area contributed by atoms with Crippen LogP contribution in [0.25, 0.3) is 0 Å². The molecule has 1 aromatic carbocycles. The molecule has 0 aromatic heterocycles. The predicted octanol–water partition coefficient (Wildman–Crippen LogP) is -1.36. The zero-order valence-corrected chi connectivity index (χ0v) is 10.5. The highest BCUT2D eigenvalue weighted by molar-refractivity contribution is 5.89. The van der Waals surface area contributed by atoms with Gasteiger partial charge in [0.05, 0.1) is 12.2 Å². The molecule has 1 heterocycles. The van der Waals surface area contributed by atoms with E-state index in [4.69, 9.17) is 14.6 Å². The lowest BCUT2D eigenvalue weighted by atomic mass is 9.99. The summed E-state index contributed by atoms with van der Waals surface area (Å²) in [6, 6.07) is 8.05. The van der Waals surface area contributed by atoms with Gasteiger partial charge in [0.25, 0.3) is 0 Å². The summed E-state index contributed by atoms with van der Waals surface area (Å²) in [5.74, 6) is -0.741. The number of aliphatic hydroxyl groups is 4. The molecule has 1 aliphatic rings. The molecule has 1 unspecified atom stereocenters. The van der Waals surface area contributed by atoms with E-state index in [0.29, 0.717) is 0 Å². The summed E-state index contributed by atoms with van der Waals surface area (Å²) in [5.41, 5.74) is 0.254. The van der Waals surface area contributed by atoms with Crippen LogP contribution in [0.3, 0.4) is 0 Å². The number of carbonyl (C=O) groups excluding carboxylic acids is 1. The van der Waals surface area contributed by atoms with Gasteiger partial charge in [-0.3, -0.25) is 0 Å². The second-order valence-corrected chi connectivity index (χ2v) is 4.47. The Morgan fingerprint density at radius 2 is 1.75 bits per heavy atom. The molecular weight excluding hydrogens is 268 g/mol. The zero-order valence-electron chi connectivity index (χ0n) is 10.5. The Morgan fingerprint density at radius 3 is 2.35 bits per heavy atom. The number of hydrogen-bond donors (Lipinski definition) is 4. The molecule has 1 fully saturated rings. The second-order valence-electron chi connectivity index (χ2n) is 4.47. The lowest BCUT2D eigenvalue weighted by molar-refractivity contribution is -0.285. The molecule has 0 aliphatic carbocycles. The minimum absolute atomic E-state index is 0.254. The summed E-state index contributed by atoms with van der Waals surface area (Å²) in [6.45, 7) is -0.579. The van der Waals surface area contributed by atoms with Crippen molar-refractivity contribution in [3.63, 3.8) is 0 Å². The van der Waals surface area contributed by atoms with E-state index in [9.17, 15) is 20.1 Å². The monoisotopic (exact) mass is 284 g/mol. The van der Waals surface area contributed by atoms with Crippen LogP contribution in [0.5, 0.6) is 0 Å². The Bertz CT molecular complexity index is 447. The number of benzene rings is 1. The quantitative estimate of drug-likeness (QED) is 0.507. The number of aliphatic hydroxyl groups excluding tert-OH is 4. The number of rotatable bonds is 3. The second kappa shape index (κ2) is 6.29. The van der Waals surface area contributed by atoms with E-state index in [1.807, 2.05) is 0 Å². The highest BCUT2D eigenvalue weighted by atomic mass is 16.7. The third-order valence-corrected chi connectivity index (χ3v) is 3.08. The van der Waals surface area contributed by atoms with Gasteiger partial charge in [-0.05, 0) is 12.1 Å². The van der Waals surface area contributed by atoms with Gasteiger partial charge in [0.2, 0.25) is 6.29 Å². The molecule has 1 aliphatic heterocycles. The average molecular weight is 284 g/mol. The Hall–Kier alpha value is -1.51. The fourth-order valence-electron chi connectivity index (χ4n) is 1.91. The molecule has 7 nitrogen and oxygen atoms in total. The molecule has 5 atom stereocenters. The van der Waals surface area contributed by atoms with Crippen molar-refractivity contribution >= 4 is 5.97 Å². The minimum Gasteiger partial charge on any atom is -0.429 e. The predicted molar refractivity (Wildman–Crippen MR) is 65.6 cm³/mol. The van der Waals surface area contributed by atoms with Crippen molar-refractivity contribution in [2.75, 3.05) is 6.61 Å². The smallest absolute Gasteiger partial charge is 0.340 e. The summed E-state index contributed by atoms with van der Waals surface area (Å²) >= 11 is 0. The Morgan fingerprint density at radius 1 is 1.10 bits per heavy atom. The average Bonchev–Trinajstić information content (AvgIpc) is 2.48. The third-order valence-electron chi connectivity index (χ3n) is 3.08. The Kier molecular flexibility index (Phi) is 4.69. The van der Waals surface area contributed by atoms with Crippen molar-refractivity contribution in [2.45, 2.75) is 30.7 Å². The molecule has 1 aromatic rings. The number of esters is 1. The zero-order chi connectivity index (χ0) is 14.7. The number of ether oxygens (including phenoxy) is 2. The van der Waals surface area contributed by atoms with Crippen LogP contribution in [0.2, 0.25) is 0 Å². The van der Waals surface area contributed by atoms with E-state index in [1.54, 1.807) is 18.2 Å². The fraction of sp³-hybridized carbons (Fsp3) is 0.462. The first-order valence-electron chi connectivity index (χ1n) is 6.11. The lowest BCUT2D eigenvalue weighted by Crippen LogP contribution is -2.59. The van der Waals surface area contributed by atoms with Gasteiger partial charge in [-0.1, -0.05) is 18.2 Å². The van der Waals surface area contributed by atoms with E-state index < -0.39 is 43.3 Å². The minimum atomic E-state index is -1.60. The summed E-state index contributed by atoms with van der Waals surface area (Å²) in [5, 5.41) is 37.9. The maximum Gasteiger partial charge on any atom is 0.340 e. The maximum atomic E-state index is 11.8. The molecule has 1 saturated heterocycles. The van der Waals surface area contributed by atoms with Crippen LogP contribution in [-0.2, 0) is 9.47 Å². The molecular formula is C13H16O7. The van der Waals surface area contributed by atoms with Crippen LogP contribution < -0.4 is 0 Å². The van der Waals surface area contributed by atoms with Gasteiger partial charge < -0.3 is 29.9 Å². The fourth-order valence-corrected chi connectivity index (χ4v) is 1.91. The van der Waals surface area contributed by atoms with Gasteiger partial charge in [0.1, 0.15) is 24.4 Å². The molecule has 0 amide bonds. The normalized spacial score (nSPS) is 33.7. The first-order valence-corrected chi connectivity index (χ1v) is 6.11. The van der Waals surface area contributed by atoms with Crippen molar-refractivity contribution < 1.29 is 34.7 Å². The van der Waals surface area contributed by atoms with Crippen LogP contribution >= 0.6 is 0 Å². The number of hydrogen-bond acceptors (Lipinski definition) is 7. The lowest BCUT2D eigenvalue weighted by Gasteiger charge is -2.39. The third kappa shape index (κ3) is 2.97. The molecule has 2 rings (SSSR count). The highest BCUT2D eigenvalue weighted by Crippen LogP contribution is 2.22. The molecule has 0 radical (unpaired) electrons. The van der Waals surface area contributed by atoms with Crippen LogP contribution in [0.4, 0.5) is 0 Å². The SMILES string of the molecule is O=C(OC1O[C@H](CO)[C@@H](O)[C@H](O)[C@@H]1O)c1ccccc1. The van der Waals surface area contributed by atoms with Crippen molar-refractivity contribution in [1.82, 2.24) is 0 Å². The molecule has 0 spiro atoms. The van der Waals surface area contributed by atoms with Gasteiger partial charge >= 0.3 is 5.97 Å². The van der Waals surface area contributed by atoms with E-state index in [0.717, 1.165) is 0 Å². The van der Waals surface area contributed by atoms with Crippen LogP contribution in [-0.4, -0.2) is 63.7 Å². The molecule has 4 N–H and O–H groups in total. The molecule has 0 saturated carbocycles. The van der Waals surface area contributed by atoms with E-state index in [-0.39, 0.29) is 5.56 Å². The van der Waals surface area contributed by atoms with E-state index in [1.165, 1.54) is 12.1 Å².